The molecule has 148 valence electrons. The van der Waals surface area contributed by atoms with Gasteiger partial charge in [0.15, 0.2) is 0 Å². The standard InChI is InChI=1S/C20H17ClN4O3S/c1-11(26)24-15-7-5-4-6-13(15)17-18(27)22-20(29-3)23-25(17)19(24)14-10-12(21)8-9-16(14)28-2/h4-10,19H,1-3H3/p+1/t19-/m1/s1. The van der Waals surface area contributed by atoms with Crippen LogP contribution in [0.5, 0.6) is 5.75 Å². The van der Waals surface area contributed by atoms with Crippen molar-refractivity contribution in [2.75, 3.05) is 18.3 Å². The fourth-order valence-electron chi connectivity index (χ4n) is 3.59. The van der Waals surface area contributed by atoms with Crippen LogP contribution in [-0.4, -0.2) is 29.4 Å². The third-order valence-electron chi connectivity index (χ3n) is 4.76. The highest BCUT2D eigenvalue weighted by atomic mass is 35.5. The van der Waals surface area contributed by atoms with Gasteiger partial charge in [-0.2, -0.15) is 0 Å². The zero-order valence-electron chi connectivity index (χ0n) is 16.0. The molecule has 0 spiro atoms. The van der Waals surface area contributed by atoms with Crippen LogP contribution >= 0.6 is 23.4 Å². The van der Waals surface area contributed by atoms with Gasteiger partial charge in [-0.25, -0.2) is 4.90 Å². The Bertz CT molecular complexity index is 1180. The van der Waals surface area contributed by atoms with Gasteiger partial charge in [-0.1, -0.05) is 35.5 Å². The van der Waals surface area contributed by atoms with Crippen molar-refractivity contribution in [1.29, 1.82) is 0 Å². The molecule has 0 fully saturated rings. The number of rotatable bonds is 3. The lowest BCUT2D eigenvalue weighted by Crippen LogP contribution is -2.60. The largest absolute Gasteiger partial charge is 0.496 e. The minimum atomic E-state index is -0.737. The molecule has 9 heteroatoms. The van der Waals surface area contributed by atoms with E-state index in [4.69, 9.17) is 16.3 Å². The van der Waals surface area contributed by atoms with E-state index >= 15 is 0 Å². The van der Waals surface area contributed by atoms with Crippen LogP contribution < -0.4 is 19.9 Å². The van der Waals surface area contributed by atoms with Gasteiger partial charge >= 0.3 is 11.3 Å². The van der Waals surface area contributed by atoms with E-state index in [0.717, 1.165) is 0 Å². The normalized spacial score (nSPS) is 14.9. The third-order valence-corrected chi connectivity index (χ3v) is 5.57. The monoisotopic (exact) mass is 429 g/mol. The summed E-state index contributed by atoms with van der Waals surface area (Å²) < 4.78 is 7.11. The number of amides is 1. The van der Waals surface area contributed by atoms with Crippen LogP contribution in [0.25, 0.3) is 11.3 Å². The quantitative estimate of drug-likeness (QED) is 0.511. The van der Waals surface area contributed by atoms with Crippen molar-refractivity contribution in [2.45, 2.75) is 18.2 Å². The first kappa shape index (κ1) is 19.5. The van der Waals surface area contributed by atoms with Gasteiger partial charge in [-0.3, -0.25) is 14.6 Å². The van der Waals surface area contributed by atoms with Crippen molar-refractivity contribution in [3.05, 3.63) is 63.4 Å². The van der Waals surface area contributed by atoms with E-state index in [-0.39, 0.29) is 11.5 Å². The fraction of sp³-hybridized carbons (Fsp3) is 0.200. The molecular formula is C20H18ClN4O3S+. The summed E-state index contributed by atoms with van der Waals surface area (Å²) in [7, 11) is 1.55. The molecule has 0 radical (unpaired) electrons. The Kier molecular flexibility index (Phi) is 5.06. The number of H-pyrrole nitrogens is 1. The number of carbonyl (C=O) groups excluding carboxylic acids is 1. The van der Waals surface area contributed by atoms with Gasteiger partial charge in [0.2, 0.25) is 11.1 Å². The number of hydrogen-bond acceptors (Lipinski definition) is 5. The number of methoxy groups -OCH3 is 1. The maximum Gasteiger partial charge on any atom is 0.325 e. The number of nitrogens with one attached hydrogen (secondary N) is 1. The number of para-hydroxylation sites is 1. The predicted octanol–water partition coefficient (Wildman–Crippen LogP) is 3.02. The molecule has 1 aromatic heterocycles. The first-order valence-corrected chi connectivity index (χ1v) is 10.4. The zero-order chi connectivity index (χ0) is 20.7. The Morgan fingerprint density at radius 2 is 2.07 bits per heavy atom. The van der Waals surface area contributed by atoms with E-state index in [1.54, 1.807) is 41.0 Å². The molecule has 0 aliphatic carbocycles. The van der Waals surface area contributed by atoms with Gasteiger partial charge in [0.25, 0.3) is 6.17 Å². The second kappa shape index (κ2) is 7.53. The maximum absolute atomic E-state index is 13.0. The second-order valence-corrected chi connectivity index (χ2v) is 7.65. The van der Waals surface area contributed by atoms with Gasteiger partial charge in [0.1, 0.15) is 5.75 Å². The fourth-order valence-corrected chi connectivity index (χ4v) is 4.14. The number of anilines is 1. The average Bonchev–Trinajstić information content (AvgIpc) is 2.71. The molecule has 0 saturated heterocycles. The van der Waals surface area contributed by atoms with E-state index in [1.165, 1.54) is 18.7 Å². The summed E-state index contributed by atoms with van der Waals surface area (Å²) in [6.07, 6.45) is 1.08. The third kappa shape index (κ3) is 3.18. The maximum atomic E-state index is 13.0. The molecule has 1 amide bonds. The summed E-state index contributed by atoms with van der Waals surface area (Å²) in [5.74, 6) is 0.340. The lowest BCUT2D eigenvalue weighted by atomic mass is 10.0. The Labute approximate surface area is 176 Å². The Hall–Kier alpha value is -2.84. The lowest BCUT2D eigenvalue weighted by molar-refractivity contribution is -0.763. The van der Waals surface area contributed by atoms with Crippen LogP contribution in [0.2, 0.25) is 5.02 Å². The number of nitrogens with zero attached hydrogens (tertiary/aromatic N) is 3. The average molecular weight is 430 g/mol. The van der Waals surface area contributed by atoms with E-state index in [1.807, 2.05) is 24.5 Å². The Balaban J connectivity index is 2.13. The number of carbonyl (C=O) groups is 1. The minimum Gasteiger partial charge on any atom is -0.496 e. The zero-order valence-corrected chi connectivity index (χ0v) is 17.5. The SMILES string of the molecule is COc1ccc(Cl)cc1[C@@H]1N(C(C)=O)c2ccccc2-c2c(=O)[nH]c(SC)n[n+]21. The van der Waals surface area contributed by atoms with E-state index in [9.17, 15) is 9.59 Å². The first-order valence-electron chi connectivity index (χ1n) is 8.79. The number of thioether (sulfide) groups is 1. The summed E-state index contributed by atoms with van der Waals surface area (Å²) in [6.45, 7) is 1.48. The number of fused-ring (bicyclic) bond motifs is 3. The van der Waals surface area contributed by atoms with Crippen LogP contribution in [-0.2, 0) is 4.79 Å². The van der Waals surface area contributed by atoms with E-state index in [2.05, 4.69) is 10.1 Å². The Morgan fingerprint density at radius 1 is 1.31 bits per heavy atom. The van der Waals surface area contributed by atoms with Crippen LogP contribution in [0.15, 0.2) is 52.4 Å². The molecule has 2 heterocycles. The number of hydrogen-bond donors (Lipinski definition) is 1. The summed E-state index contributed by atoms with van der Waals surface area (Å²) >= 11 is 7.59. The van der Waals surface area contributed by atoms with Gasteiger partial charge in [0.05, 0.1) is 23.9 Å². The number of aromatic amines is 1. The molecule has 0 bridgehead atoms. The van der Waals surface area contributed by atoms with Crippen molar-refractivity contribution >= 4 is 35.0 Å². The van der Waals surface area contributed by atoms with Crippen LogP contribution in [0, 0.1) is 0 Å². The molecule has 0 saturated carbocycles. The molecular weight excluding hydrogens is 412 g/mol. The van der Waals surface area contributed by atoms with Gasteiger partial charge in [0, 0.05) is 17.0 Å². The van der Waals surface area contributed by atoms with Crippen molar-refractivity contribution < 1.29 is 14.2 Å². The van der Waals surface area contributed by atoms with Crippen molar-refractivity contribution in [1.82, 2.24) is 10.1 Å². The molecule has 0 unspecified atom stereocenters. The minimum absolute atomic E-state index is 0.199. The number of halogens is 1. The summed E-state index contributed by atoms with van der Waals surface area (Å²) in [5, 5.41) is 5.54. The molecule has 1 N–H and O–H groups in total. The highest BCUT2D eigenvalue weighted by molar-refractivity contribution is 7.98. The molecule has 29 heavy (non-hydrogen) atoms. The molecule has 2 aromatic carbocycles. The molecule has 1 atom stereocenters. The van der Waals surface area contributed by atoms with Gasteiger partial charge in [-0.05, 0) is 41.3 Å². The van der Waals surface area contributed by atoms with E-state index in [0.29, 0.717) is 38.4 Å². The van der Waals surface area contributed by atoms with Crippen LogP contribution in [0.3, 0.4) is 0 Å². The molecule has 7 nitrogen and oxygen atoms in total. The van der Waals surface area contributed by atoms with E-state index < -0.39 is 6.17 Å². The highest BCUT2D eigenvalue weighted by Crippen LogP contribution is 2.40. The summed E-state index contributed by atoms with van der Waals surface area (Å²) in [4.78, 5) is 30.2. The molecule has 3 aromatic rings. The smallest absolute Gasteiger partial charge is 0.325 e. The molecule has 1 aliphatic heterocycles. The van der Waals surface area contributed by atoms with Crippen molar-refractivity contribution in [3.63, 3.8) is 0 Å². The second-order valence-electron chi connectivity index (χ2n) is 6.42. The highest BCUT2D eigenvalue weighted by Gasteiger charge is 2.46. The van der Waals surface area contributed by atoms with Gasteiger partial charge in [-0.15, -0.1) is 0 Å². The van der Waals surface area contributed by atoms with Crippen molar-refractivity contribution in [3.8, 4) is 17.0 Å². The van der Waals surface area contributed by atoms with Gasteiger partial charge < -0.3 is 4.74 Å². The lowest BCUT2D eigenvalue weighted by Gasteiger charge is -2.31. The number of aromatic nitrogens is 3. The van der Waals surface area contributed by atoms with Crippen LogP contribution in [0.4, 0.5) is 5.69 Å². The first-order chi connectivity index (χ1) is 14.0. The number of benzene rings is 2. The Morgan fingerprint density at radius 3 is 2.76 bits per heavy atom. The molecule has 4 rings (SSSR count). The molecule has 1 aliphatic rings. The summed E-state index contributed by atoms with van der Waals surface area (Å²) in [6, 6.07) is 12.4. The topological polar surface area (TPSA) is 79.2 Å². The number of ether oxygens (including phenoxy) is 1. The van der Waals surface area contributed by atoms with Crippen molar-refractivity contribution in [2.24, 2.45) is 0 Å². The summed E-state index contributed by atoms with van der Waals surface area (Å²) in [5.41, 5.74) is 1.95. The predicted molar refractivity (Wildman–Crippen MR) is 112 cm³/mol. The van der Waals surface area contributed by atoms with Crippen LogP contribution in [0.1, 0.15) is 18.7 Å².